The maximum absolute atomic E-state index is 11.4. The SMILES string of the molecule is CCOC(=O)/C=C(/C)c1ccc(C2CCCCC2)cc1. The summed E-state index contributed by atoms with van der Waals surface area (Å²) in [5.41, 5.74) is 3.49. The Morgan fingerprint density at radius 1 is 1.20 bits per heavy atom. The highest BCUT2D eigenvalue weighted by Gasteiger charge is 2.15. The Labute approximate surface area is 121 Å². The summed E-state index contributed by atoms with van der Waals surface area (Å²) in [6.45, 7) is 4.19. The molecule has 2 nitrogen and oxygen atoms in total. The van der Waals surface area contributed by atoms with Gasteiger partial charge in [-0.15, -0.1) is 0 Å². The molecule has 1 fully saturated rings. The first-order valence-corrected chi connectivity index (χ1v) is 7.66. The van der Waals surface area contributed by atoms with Crippen LogP contribution in [0.3, 0.4) is 0 Å². The summed E-state index contributed by atoms with van der Waals surface area (Å²) in [5, 5.41) is 0. The summed E-state index contributed by atoms with van der Waals surface area (Å²) in [5.74, 6) is 0.466. The Bertz CT molecular complexity index is 465. The van der Waals surface area contributed by atoms with Gasteiger partial charge in [0.15, 0.2) is 0 Å². The zero-order valence-electron chi connectivity index (χ0n) is 12.5. The summed E-state index contributed by atoms with van der Waals surface area (Å²) >= 11 is 0. The number of carbonyl (C=O) groups is 1. The molecule has 0 aliphatic heterocycles. The van der Waals surface area contributed by atoms with Crippen molar-refractivity contribution in [2.45, 2.75) is 51.9 Å². The van der Waals surface area contributed by atoms with E-state index in [1.54, 1.807) is 6.08 Å². The lowest BCUT2D eigenvalue weighted by Crippen LogP contribution is -2.04. The Morgan fingerprint density at radius 3 is 2.45 bits per heavy atom. The third-order valence-corrected chi connectivity index (χ3v) is 4.06. The van der Waals surface area contributed by atoms with Crippen molar-refractivity contribution in [1.82, 2.24) is 0 Å². The van der Waals surface area contributed by atoms with Gasteiger partial charge < -0.3 is 4.74 Å². The molecule has 0 heterocycles. The molecule has 2 heteroatoms. The molecule has 1 saturated carbocycles. The highest BCUT2D eigenvalue weighted by Crippen LogP contribution is 2.33. The average Bonchev–Trinajstić information content (AvgIpc) is 2.48. The van der Waals surface area contributed by atoms with E-state index in [0.717, 1.165) is 17.1 Å². The predicted octanol–water partition coefficient (Wildman–Crippen LogP) is 4.70. The lowest BCUT2D eigenvalue weighted by atomic mass is 9.84. The van der Waals surface area contributed by atoms with Crippen LogP contribution in [0.25, 0.3) is 5.57 Å². The summed E-state index contributed by atoms with van der Waals surface area (Å²) in [7, 11) is 0. The van der Waals surface area contributed by atoms with E-state index >= 15 is 0 Å². The molecule has 0 N–H and O–H groups in total. The molecular weight excluding hydrogens is 248 g/mol. The number of hydrogen-bond donors (Lipinski definition) is 0. The van der Waals surface area contributed by atoms with E-state index in [0.29, 0.717) is 6.61 Å². The number of benzene rings is 1. The van der Waals surface area contributed by atoms with Crippen LogP contribution in [0.4, 0.5) is 0 Å². The van der Waals surface area contributed by atoms with E-state index in [1.165, 1.54) is 37.7 Å². The van der Waals surface area contributed by atoms with Gasteiger partial charge in [0.05, 0.1) is 6.61 Å². The molecule has 0 unspecified atom stereocenters. The fourth-order valence-electron chi connectivity index (χ4n) is 2.90. The zero-order chi connectivity index (χ0) is 14.4. The van der Waals surface area contributed by atoms with Gasteiger partial charge in [0.1, 0.15) is 0 Å². The van der Waals surface area contributed by atoms with Crippen LogP contribution < -0.4 is 0 Å². The standard InChI is InChI=1S/C18H24O2/c1-3-20-18(19)13-14(2)15-9-11-17(12-10-15)16-7-5-4-6-8-16/h9-13,16H,3-8H2,1-2H3/b14-13-. The maximum Gasteiger partial charge on any atom is 0.331 e. The van der Waals surface area contributed by atoms with Crippen molar-refractivity contribution in [1.29, 1.82) is 0 Å². The minimum atomic E-state index is -0.263. The second-order valence-electron chi connectivity index (χ2n) is 5.54. The maximum atomic E-state index is 11.4. The van der Waals surface area contributed by atoms with Crippen LogP contribution in [0.1, 0.15) is 63.0 Å². The Hall–Kier alpha value is -1.57. The Morgan fingerprint density at radius 2 is 1.85 bits per heavy atom. The smallest absolute Gasteiger partial charge is 0.331 e. The molecule has 1 aromatic rings. The van der Waals surface area contributed by atoms with Crippen molar-refractivity contribution < 1.29 is 9.53 Å². The Balaban J connectivity index is 2.05. The second kappa shape index (κ2) is 7.28. The monoisotopic (exact) mass is 272 g/mol. The fourth-order valence-corrected chi connectivity index (χ4v) is 2.90. The first-order valence-electron chi connectivity index (χ1n) is 7.66. The normalized spacial score (nSPS) is 17.0. The summed E-state index contributed by atoms with van der Waals surface area (Å²) in [6, 6.07) is 8.67. The first kappa shape index (κ1) is 14.8. The first-order chi connectivity index (χ1) is 9.70. The van der Waals surface area contributed by atoms with Gasteiger partial charge in [-0.1, -0.05) is 43.5 Å². The van der Waals surface area contributed by atoms with Gasteiger partial charge in [-0.2, -0.15) is 0 Å². The molecule has 0 aromatic heterocycles. The van der Waals surface area contributed by atoms with E-state index < -0.39 is 0 Å². The quantitative estimate of drug-likeness (QED) is 0.586. The molecule has 108 valence electrons. The minimum Gasteiger partial charge on any atom is -0.463 e. The summed E-state index contributed by atoms with van der Waals surface area (Å²) < 4.78 is 4.94. The van der Waals surface area contributed by atoms with Crippen LogP contribution in [0.5, 0.6) is 0 Å². The van der Waals surface area contributed by atoms with Crippen molar-refractivity contribution in [3.05, 3.63) is 41.5 Å². The molecule has 2 rings (SSSR count). The molecule has 1 aliphatic rings. The van der Waals surface area contributed by atoms with Crippen molar-refractivity contribution >= 4 is 11.5 Å². The van der Waals surface area contributed by atoms with Gasteiger partial charge in [0.25, 0.3) is 0 Å². The number of ether oxygens (including phenoxy) is 1. The largest absolute Gasteiger partial charge is 0.463 e. The molecule has 20 heavy (non-hydrogen) atoms. The van der Waals surface area contributed by atoms with Crippen molar-refractivity contribution in [2.24, 2.45) is 0 Å². The van der Waals surface area contributed by atoms with Crippen LogP contribution in [0, 0.1) is 0 Å². The van der Waals surface area contributed by atoms with Gasteiger partial charge in [0, 0.05) is 6.08 Å². The number of rotatable bonds is 4. The molecule has 1 aliphatic carbocycles. The second-order valence-corrected chi connectivity index (χ2v) is 5.54. The third kappa shape index (κ3) is 3.96. The van der Waals surface area contributed by atoms with Crippen LogP contribution in [0.2, 0.25) is 0 Å². The highest BCUT2D eigenvalue weighted by atomic mass is 16.5. The van der Waals surface area contributed by atoms with Gasteiger partial charge >= 0.3 is 5.97 Å². The van der Waals surface area contributed by atoms with E-state index in [4.69, 9.17) is 4.74 Å². The fraction of sp³-hybridized carbons (Fsp3) is 0.500. The van der Waals surface area contributed by atoms with Crippen LogP contribution in [-0.2, 0) is 9.53 Å². The van der Waals surface area contributed by atoms with Crippen molar-refractivity contribution in [3.63, 3.8) is 0 Å². The minimum absolute atomic E-state index is 0.263. The zero-order valence-corrected chi connectivity index (χ0v) is 12.5. The Kier molecular flexibility index (Phi) is 5.40. The lowest BCUT2D eigenvalue weighted by Gasteiger charge is -2.22. The average molecular weight is 272 g/mol. The molecule has 0 bridgehead atoms. The molecule has 0 radical (unpaired) electrons. The number of hydrogen-bond acceptors (Lipinski definition) is 2. The molecule has 0 spiro atoms. The van der Waals surface area contributed by atoms with Crippen molar-refractivity contribution in [2.75, 3.05) is 6.61 Å². The van der Waals surface area contributed by atoms with Crippen molar-refractivity contribution in [3.8, 4) is 0 Å². The van der Waals surface area contributed by atoms with Crippen LogP contribution in [-0.4, -0.2) is 12.6 Å². The third-order valence-electron chi connectivity index (χ3n) is 4.06. The van der Waals surface area contributed by atoms with E-state index in [9.17, 15) is 4.79 Å². The molecule has 0 saturated heterocycles. The van der Waals surface area contributed by atoms with Gasteiger partial charge in [-0.3, -0.25) is 0 Å². The molecule has 0 atom stereocenters. The highest BCUT2D eigenvalue weighted by molar-refractivity contribution is 5.90. The van der Waals surface area contributed by atoms with Crippen LogP contribution in [0.15, 0.2) is 30.3 Å². The molecule has 1 aromatic carbocycles. The number of carbonyl (C=O) groups excluding carboxylic acids is 1. The van der Waals surface area contributed by atoms with Crippen LogP contribution >= 0.6 is 0 Å². The number of esters is 1. The predicted molar refractivity (Wildman–Crippen MR) is 82.6 cm³/mol. The lowest BCUT2D eigenvalue weighted by molar-refractivity contribution is -0.137. The van der Waals surface area contributed by atoms with Gasteiger partial charge in [-0.05, 0) is 49.3 Å². The van der Waals surface area contributed by atoms with E-state index in [1.807, 2.05) is 13.8 Å². The van der Waals surface area contributed by atoms with E-state index in [-0.39, 0.29) is 5.97 Å². The molecular formula is C18H24O2. The number of allylic oxidation sites excluding steroid dienone is 1. The summed E-state index contributed by atoms with van der Waals surface area (Å²) in [6.07, 6.45) is 8.30. The topological polar surface area (TPSA) is 26.3 Å². The summed E-state index contributed by atoms with van der Waals surface area (Å²) in [4.78, 5) is 11.4. The molecule has 0 amide bonds. The van der Waals surface area contributed by atoms with Gasteiger partial charge in [0.2, 0.25) is 0 Å². The van der Waals surface area contributed by atoms with Gasteiger partial charge in [-0.25, -0.2) is 4.79 Å². The van der Waals surface area contributed by atoms with E-state index in [2.05, 4.69) is 24.3 Å².